The van der Waals surface area contributed by atoms with Crippen LogP contribution in [0.3, 0.4) is 0 Å². The molecule has 2 heterocycles. The van der Waals surface area contributed by atoms with Crippen molar-refractivity contribution in [2.24, 2.45) is 10.8 Å². The fourth-order valence-electron chi connectivity index (χ4n) is 5.79. The number of anilines is 1. The number of nitrogens with zero attached hydrogens (tertiary/aromatic N) is 1. The van der Waals surface area contributed by atoms with Crippen molar-refractivity contribution < 1.29 is 0 Å². The van der Waals surface area contributed by atoms with E-state index < -0.39 is 0 Å². The monoisotopic (exact) mass is 312 g/mol. The van der Waals surface area contributed by atoms with E-state index in [0.29, 0.717) is 10.8 Å². The second kappa shape index (κ2) is 5.51. The van der Waals surface area contributed by atoms with Gasteiger partial charge in [0.15, 0.2) is 0 Å². The molecule has 1 saturated carbocycles. The van der Waals surface area contributed by atoms with Crippen LogP contribution in [0.25, 0.3) is 0 Å². The number of rotatable bonds is 3. The molecular formula is C21H32N2. The van der Waals surface area contributed by atoms with E-state index in [2.05, 4.69) is 49.2 Å². The molecule has 0 radical (unpaired) electrons. The number of likely N-dealkylation sites (tertiary alicyclic amines) is 1. The molecule has 2 atom stereocenters. The maximum Gasteiger partial charge on any atom is 0.0372 e. The third-order valence-electron chi connectivity index (χ3n) is 6.32. The number of aryl methyl sites for hydroxylation is 1. The van der Waals surface area contributed by atoms with Crippen molar-refractivity contribution in [2.45, 2.75) is 65.3 Å². The standard InChI is InChI=1S/C21H32N2/c1-20(2)12-18-13-21(3,14-20)15-23(18)10-8-16-6-7-19-17(11-16)5-4-9-22-19/h6-7,11,18,22H,4-5,8-10,12-15H2,1-3H3. The van der Waals surface area contributed by atoms with E-state index in [0.717, 1.165) is 12.6 Å². The van der Waals surface area contributed by atoms with Crippen molar-refractivity contribution in [3.63, 3.8) is 0 Å². The van der Waals surface area contributed by atoms with Crippen LogP contribution < -0.4 is 5.32 Å². The number of nitrogens with one attached hydrogen (secondary N) is 1. The minimum Gasteiger partial charge on any atom is -0.385 e. The lowest BCUT2D eigenvalue weighted by Gasteiger charge is -2.40. The van der Waals surface area contributed by atoms with E-state index >= 15 is 0 Å². The first-order valence-electron chi connectivity index (χ1n) is 9.52. The van der Waals surface area contributed by atoms with Gasteiger partial charge in [-0.1, -0.05) is 32.9 Å². The average molecular weight is 313 g/mol. The molecule has 0 aromatic heterocycles. The van der Waals surface area contributed by atoms with Gasteiger partial charge in [0.1, 0.15) is 0 Å². The highest BCUT2D eigenvalue weighted by Crippen LogP contribution is 2.52. The van der Waals surface area contributed by atoms with Crippen molar-refractivity contribution in [2.75, 3.05) is 25.0 Å². The van der Waals surface area contributed by atoms with Gasteiger partial charge in [0.2, 0.25) is 0 Å². The van der Waals surface area contributed by atoms with Gasteiger partial charge >= 0.3 is 0 Å². The third-order valence-corrected chi connectivity index (χ3v) is 6.32. The van der Waals surface area contributed by atoms with Crippen LogP contribution in [0.5, 0.6) is 0 Å². The molecule has 3 aliphatic rings. The number of fused-ring (bicyclic) bond motifs is 3. The number of hydrogen-bond donors (Lipinski definition) is 1. The van der Waals surface area contributed by atoms with Crippen LogP contribution in [0.4, 0.5) is 5.69 Å². The van der Waals surface area contributed by atoms with Crippen molar-refractivity contribution in [3.8, 4) is 0 Å². The second-order valence-electron chi connectivity index (χ2n) is 9.46. The molecule has 1 aromatic carbocycles. The Morgan fingerprint density at radius 3 is 2.96 bits per heavy atom. The summed E-state index contributed by atoms with van der Waals surface area (Å²) in [7, 11) is 0. The highest BCUT2D eigenvalue weighted by atomic mass is 15.2. The predicted octanol–water partition coefficient (Wildman–Crippen LogP) is 4.49. The summed E-state index contributed by atoms with van der Waals surface area (Å²) in [5, 5.41) is 3.52. The van der Waals surface area contributed by atoms with Crippen molar-refractivity contribution in [1.82, 2.24) is 4.90 Å². The lowest BCUT2D eigenvalue weighted by atomic mass is 9.65. The number of hydrogen-bond acceptors (Lipinski definition) is 2. The predicted molar refractivity (Wildman–Crippen MR) is 98.1 cm³/mol. The Labute approximate surface area is 141 Å². The average Bonchev–Trinajstić information content (AvgIpc) is 2.73. The summed E-state index contributed by atoms with van der Waals surface area (Å²) in [5.74, 6) is 0. The van der Waals surface area contributed by atoms with Crippen molar-refractivity contribution in [3.05, 3.63) is 29.3 Å². The zero-order valence-corrected chi connectivity index (χ0v) is 15.1. The Balaban J connectivity index is 1.42. The lowest BCUT2D eigenvalue weighted by Crippen LogP contribution is -2.35. The van der Waals surface area contributed by atoms with Gasteiger partial charge in [-0.05, 0) is 66.5 Å². The molecule has 4 rings (SSSR count). The first kappa shape index (κ1) is 15.5. The minimum absolute atomic E-state index is 0.532. The highest BCUT2D eigenvalue weighted by Gasteiger charge is 2.49. The molecule has 0 amide bonds. The van der Waals surface area contributed by atoms with E-state index in [-0.39, 0.29) is 0 Å². The van der Waals surface area contributed by atoms with E-state index in [1.54, 1.807) is 0 Å². The largest absolute Gasteiger partial charge is 0.385 e. The number of benzene rings is 1. The molecule has 1 N–H and O–H groups in total. The molecule has 2 bridgehead atoms. The molecule has 1 aliphatic carbocycles. The van der Waals surface area contributed by atoms with Gasteiger partial charge in [0.05, 0.1) is 0 Å². The van der Waals surface area contributed by atoms with Gasteiger partial charge in [-0.25, -0.2) is 0 Å². The molecule has 126 valence electrons. The van der Waals surface area contributed by atoms with Crippen LogP contribution in [-0.2, 0) is 12.8 Å². The first-order chi connectivity index (χ1) is 10.9. The van der Waals surface area contributed by atoms with Crippen LogP contribution >= 0.6 is 0 Å². The smallest absolute Gasteiger partial charge is 0.0372 e. The quantitative estimate of drug-likeness (QED) is 0.885. The minimum atomic E-state index is 0.532. The molecular weight excluding hydrogens is 280 g/mol. The van der Waals surface area contributed by atoms with E-state index in [9.17, 15) is 0 Å². The summed E-state index contributed by atoms with van der Waals surface area (Å²) in [6.45, 7) is 11.1. The Morgan fingerprint density at radius 2 is 2.09 bits per heavy atom. The Bertz CT molecular complexity index is 592. The van der Waals surface area contributed by atoms with Gasteiger partial charge in [-0.2, -0.15) is 0 Å². The van der Waals surface area contributed by atoms with Crippen LogP contribution in [0, 0.1) is 10.8 Å². The molecule has 2 nitrogen and oxygen atoms in total. The summed E-state index contributed by atoms with van der Waals surface area (Å²) in [4.78, 5) is 2.80. The Hall–Kier alpha value is -1.02. The van der Waals surface area contributed by atoms with Gasteiger partial charge in [-0.3, -0.25) is 4.90 Å². The van der Waals surface area contributed by atoms with Crippen LogP contribution in [0.1, 0.15) is 57.6 Å². The topological polar surface area (TPSA) is 15.3 Å². The zero-order valence-electron chi connectivity index (χ0n) is 15.1. The van der Waals surface area contributed by atoms with E-state index in [4.69, 9.17) is 0 Å². The Morgan fingerprint density at radius 1 is 1.22 bits per heavy atom. The fourth-order valence-corrected chi connectivity index (χ4v) is 5.79. The first-order valence-corrected chi connectivity index (χ1v) is 9.52. The fraction of sp³-hybridized carbons (Fsp3) is 0.714. The van der Waals surface area contributed by atoms with Gasteiger partial charge in [-0.15, -0.1) is 0 Å². The summed E-state index contributed by atoms with van der Waals surface area (Å²) in [6, 6.07) is 7.92. The highest BCUT2D eigenvalue weighted by molar-refractivity contribution is 5.54. The van der Waals surface area contributed by atoms with Gasteiger partial charge in [0.25, 0.3) is 0 Å². The molecule has 1 aromatic rings. The Kier molecular flexibility index (Phi) is 3.72. The molecule has 2 heteroatoms. The lowest BCUT2D eigenvalue weighted by molar-refractivity contribution is 0.127. The molecule has 2 fully saturated rings. The molecule has 1 saturated heterocycles. The van der Waals surface area contributed by atoms with Gasteiger partial charge < -0.3 is 5.32 Å². The maximum atomic E-state index is 3.52. The van der Waals surface area contributed by atoms with Crippen LogP contribution in [-0.4, -0.2) is 30.6 Å². The third kappa shape index (κ3) is 3.15. The summed E-state index contributed by atoms with van der Waals surface area (Å²) in [6.07, 6.45) is 7.94. The van der Waals surface area contributed by atoms with Crippen molar-refractivity contribution >= 4 is 5.69 Å². The SMILES string of the molecule is CC1(C)CC2CC(C)(CN2CCc2ccc3c(c2)CCCN3)C1. The zero-order chi connectivity index (χ0) is 16.1. The summed E-state index contributed by atoms with van der Waals surface area (Å²) >= 11 is 0. The van der Waals surface area contributed by atoms with Crippen molar-refractivity contribution in [1.29, 1.82) is 0 Å². The van der Waals surface area contributed by atoms with E-state index in [1.165, 1.54) is 68.4 Å². The summed E-state index contributed by atoms with van der Waals surface area (Å²) in [5.41, 5.74) is 5.52. The van der Waals surface area contributed by atoms with E-state index in [1.807, 2.05) is 0 Å². The molecule has 2 unspecified atom stereocenters. The summed E-state index contributed by atoms with van der Waals surface area (Å²) < 4.78 is 0. The second-order valence-corrected chi connectivity index (χ2v) is 9.46. The molecule has 23 heavy (non-hydrogen) atoms. The molecule has 0 spiro atoms. The molecule has 2 aliphatic heterocycles. The maximum absolute atomic E-state index is 3.52. The normalized spacial score (nSPS) is 32.4. The van der Waals surface area contributed by atoms with Crippen LogP contribution in [0.2, 0.25) is 0 Å². The van der Waals surface area contributed by atoms with Crippen LogP contribution in [0.15, 0.2) is 18.2 Å². The van der Waals surface area contributed by atoms with Gasteiger partial charge in [0, 0.05) is 31.4 Å².